The molecule has 24 heavy (non-hydrogen) atoms. The van der Waals surface area contributed by atoms with Gasteiger partial charge in [0.15, 0.2) is 4.90 Å². The molecule has 0 spiro atoms. The highest BCUT2D eigenvalue weighted by molar-refractivity contribution is 7.89. The SMILES string of the molecule is CCCCC(CC)COCCCNS(=O)(=O)c1c(F)cccc1F. The third-order valence-electron chi connectivity index (χ3n) is 3.84. The normalized spacial score (nSPS) is 13.2. The summed E-state index contributed by atoms with van der Waals surface area (Å²) in [4.78, 5) is -0.934. The molecule has 138 valence electrons. The lowest BCUT2D eigenvalue weighted by Gasteiger charge is -2.14. The topological polar surface area (TPSA) is 55.4 Å². The summed E-state index contributed by atoms with van der Waals surface area (Å²) in [6.07, 6.45) is 4.96. The van der Waals surface area contributed by atoms with Gasteiger partial charge in [-0.2, -0.15) is 0 Å². The lowest BCUT2D eigenvalue weighted by atomic mass is 10.0. The first kappa shape index (κ1) is 21.0. The number of sulfonamides is 1. The van der Waals surface area contributed by atoms with Crippen LogP contribution >= 0.6 is 0 Å². The van der Waals surface area contributed by atoms with Gasteiger partial charge in [-0.15, -0.1) is 0 Å². The van der Waals surface area contributed by atoms with Crippen LogP contribution in [0.5, 0.6) is 0 Å². The van der Waals surface area contributed by atoms with Gasteiger partial charge < -0.3 is 4.74 Å². The maximum Gasteiger partial charge on any atom is 0.246 e. The molecular formula is C17H27F2NO3S. The molecule has 0 heterocycles. The predicted octanol–water partition coefficient (Wildman–Crippen LogP) is 3.87. The largest absolute Gasteiger partial charge is 0.381 e. The Morgan fingerprint density at radius 3 is 2.42 bits per heavy atom. The molecule has 0 saturated heterocycles. The van der Waals surface area contributed by atoms with Crippen molar-refractivity contribution in [2.75, 3.05) is 19.8 Å². The third-order valence-corrected chi connectivity index (χ3v) is 5.35. The summed E-state index contributed by atoms with van der Waals surface area (Å²) < 4.78 is 58.7. The minimum atomic E-state index is -4.20. The fraction of sp³-hybridized carbons (Fsp3) is 0.647. The van der Waals surface area contributed by atoms with E-state index in [1.54, 1.807) is 0 Å². The third kappa shape index (κ3) is 6.83. The molecule has 4 nitrogen and oxygen atoms in total. The van der Waals surface area contributed by atoms with Crippen LogP contribution in [0, 0.1) is 17.6 Å². The summed E-state index contributed by atoms with van der Waals surface area (Å²) in [6.45, 7) is 5.41. The van der Waals surface area contributed by atoms with Crippen molar-refractivity contribution in [1.82, 2.24) is 4.72 Å². The Bertz CT molecular complexity index is 573. The highest BCUT2D eigenvalue weighted by Crippen LogP contribution is 2.18. The van der Waals surface area contributed by atoms with Gasteiger partial charge in [0.25, 0.3) is 0 Å². The Kier molecular flexibility index (Phi) is 9.39. The van der Waals surface area contributed by atoms with Crippen molar-refractivity contribution in [2.24, 2.45) is 5.92 Å². The maximum absolute atomic E-state index is 13.5. The number of nitrogens with one attached hydrogen (secondary N) is 1. The van der Waals surface area contributed by atoms with Gasteiger partial charge in [0.1, 0.15) is 11.6 Å². The van der Waals surface area contributed by atoms with Crippen LogP contribution in [0.4, 0.5) is 8.78 Å². The zero-order valence-electron chi connectivity index (χ0n) is 14.4. The van der Waals surface area contributed by atoms with E-state index in [0.29, 0.717) is 25.6 Å². The molecule has 0 aliphatic carbocycles. The summed E-state index contributed by atoms with van der Waals surface area (Å²) in [6, 6.07) is 2.96. The Balaban J connectivity index is 2.34. The molecule has 1 rings (SSSR count). The molecule has 1 unspecified atom stereocenters. The second kappa shape index (κ2) is 10.7. The molecule has 1 aromatic carbocycles. The van der Waals surface area contributed by atoms with Crippen molar-refractivity contribution in [3.63, 3.8) is 0 Å². The average molecular weight is 363 g/mol. The van der Waals surface area contributed by atoms with Crippen molar-refractivity contribution in [2.45, 2.75) is 50.8 Å². The van der Waals surface area contributed by atoms with Crippen LogP contribution in [0.2, 0.25) is 0 Å². The number of halogens is 2. The first-order valence-electron chi connectivity index (χ1n) is 8.43. The molecule has 0 aliphatic rings. The van der Waals surface area contributed by atoms with Crippen LogP contribution in [0.25, 0.3) is 0 Å². The van der Waals surface area contributed by atoms with E-state index < -0.39 is 26.6 Å². The van der Waals surface area contributed by atoms with Gasteiger partial charge in [0, 0.05) is 19.8 Å². The minimum Gasteiger partial charge on any atom is -0.381 e. The van der Waals surface area contributed by atoms with Crippen LogP contribution in [0.1, 0.15) is 46.0 Å². The van der Waals surface area contributed by atoms with Gasteiger partial charge in [-0.25, -0.2) is 21.9 Å². The summed E-state index contributed by atoms with van der Waals surface area (Å²) in [5.74, 6) is -1.67. The van der Waals surface area contributed by atoms with E-state index in [-0.39, 0.29) is 6.54 Å². The van der Waals surface area contributed by atoms with Gasteiger partial charge in [-0.05, 0) is 30.9 Å². The van der Waals surface area contributed by atoms with Crippen LogP contribution in [-0.2, 0) is 14.8 Å². The average Bonchev–Trinajstić information content (AvgIpc) is 2.53. The quantitative estimate of drug-likeness (QED) is 0.574. The highest BCUT2D eigenvalue weighted by atomic mass is 32.2. The summed E-state index contributed by atoms with van der Waals surface area (Å²) >= 11 is 0. The molecule has 0 aliphatic heterocycles. The van der Waals surface area contributed by atoms with Crippen LogP contribution in [-0.4, -0.2) is 28.2 Å². The monoisotopic (exact) mass is 363 g/mol. The first-order valence-corrected chi connectivity index (χ1v) is 9.92. The Hall–Kier alpha value is -1.05. The van der Waals surface area contributed by atoms with Crippen molar-refractivity contribution in [1.29, 1.82) is 0 Å². The van der Waals surface area contributed by atoms with Crippen molar-refractivity contribution in [3.05, 3.63) is 29.8 Å². The van der Waals surface area contributed by atoms with E-state index in [0.717, 1.165) is 37.5 Å². The molecule has 0 bridgehead atoms. The first-order chi connectivity index (χ1) is 11.4. The zero-order valence-corrected chi connectivity index (χ0v) is 15.2. The molecule has 0 saturated carbocycles. The maximum atomic E-state index is 13.5. The lowest BCUT2D eigenvalue weighted by molar-refractivity contribution is 0.0928. The van der Waals surface area contributed by atoms with Crippen molar-refractivity contribution in [3.8, 4) is 0 Å². The lowest BCUT2D eigenvalue weighted by Crippen LogP contribution is -2.27. The molecular weight excluding hydrogens is 336 g/mol. The molecule has 0 aromatic heterocycles. The molecule has 0 radical (unpaired) electrons. The van der Waals surface area contributed by atoms with Gasteiger partial charge in [-0.3, -0.25) is 0 Å². The van der Waals surface area contributed by atoms with Gasteiger partial charge in [-0.1, -0.05) is 39.2 Å². The van der Waals surface area contributed by atoms with E-state index in [1.807, 2.05) is 0 Å². The zero-order chi connectivity index (χ0) is 18.0. The number of rotatable bonds is 12. The predicted molar refractivity (Wildman–Crippen MR) is 90.3 cm³/mol. The highest BCUT2D eigenvalue weighted by Gasteiger charge is 2.23. The molecule has 1 atom stereocenters. The number of benzene rings is 1. The second-order valence-electron chi connectivity index (χ2n) is 5.79. The van der Waals surface area contributed by atoms with Crippen LogP contribution in [0.3, 0.4) is 0 Å². The molecule has 1 N–H and O–H groups in total. The standard InChI is InChI=1S/C17H27F2NO3S/c1-3-5-8-14(4-2)13-23-12-7-11-20-24(21,22)17-15(18)9-6-10-16(17)19/h6,9-10,14,20H,3-5,7-8,11-13H2,1-2H3. The molecule has 7 heteroatoms. The number of unbranched alkanes of at least 4 members (excludes halogenated alkanes) is 1. The van der Waals surface area contributed by atoms with E-state index in [9.17, 15) is 17.2 Å². The fourth-order valence-electron chi connectivity index (χ4n) is 2.34. The summed E-state index contributed by atoms with van der Waals surface area (Å²) in [5, 5.41) is 0. The van der Waals surface area contributed by atoms with Crippen LogP contribution in [0.15, 0.2) is 23.1 Å². The van der Waals surface area contributed by atoms with E-state index >= 15 is 0 Å². The summed E-state index contributed by atoms with van der Waals surface area (Å²) in [7, 11) is -4.20. The summed E-state index contributed by atoms with van der Waals surface area (Å²) in [5.41, 5.74) is 0. The van der Waals surface area contributed by atoms with Gasteiger partial charge in [0.05, 0.1) is 0 Å². The Morgan fingerprint density at radius 1 is 1.17 bits per heavy atom. The smallest absolute Gasteiger partial charge is 0.246 e. The number of hydrogen-bond acceptors (Lipinski definition) is 3. The van der Waals surface area contributed by atoms with Crippen LogP contribution < -0.4 is 4.72 Å². The van der Waals surface area contributed by atoms with Gasteiger partial charge in [0.2, 0.25) is 10.0 Å². The van der Waals surface area contributed by atoms with Crippen molar-refractivity contribution < 1.29 is 21.9 Å². The Labute approximate surface area is 143 Å². The van der Waals surface area contributed by atoms with E-state index in [2.05, 4.69) is 18.6 Å². The van der Waals surface area contributed by atoms with E-state index in [1.165, 1.54) is 6.42 Å². The van der Waals surface area contributed by atoms with Crippen molar-refractivity contribution >= 4 is 10.0 Å². The van der Waals surface area contributed by atoms with E-state index in [4.69, 9.17) is 4.74 Å². The number of ether oxygens (including phenoxy) is 1. The minimum absolute atomic E-state index is 0.0713. The molecule has 0 fully saturated rings. The fourth-order valence-corrected chi connectivity index (χ4v) is 3.55. The molecule has 1 aromatic rings. The second-order valence-corrected chi connectivity index (χ2v) is 7.50. The van der Waals surface area contributed by atoms with Gasteiger partial charge >= 0.3 is 0 Å². The number of hydrogen-bond donors (Lipinski definition) is 1. The Morgan fingerprint density at radius 2 is 1.83 bits per heavy atom. The molecule has 0 amide bonds.